The Balaban J connectivity index is 1.51. The molecule has 1 aliphatic rings. The first-order chi connectivity index (χ1) is 16.2. The van der Waals surface area contributed by atoms with Gasteiger partial charge in [0.15, 0.2) is 0 Å². The van der Waals surface area contributed by atoms with E-state index in [0.29, 0.717) is 5.02 Å². The number of ether oxygens (including phenoxy) is 2. The molecule has 3 aromatic rings. The molecule has 7 heteroatoms. The molecule has 0 saturated heterocycles. The average Bonchev–Trinajstić information content (AvgIpc) is 3.11. The van der Waals surface area contributed by atoms with E-state index in [9.17, 15) is 9.59 Å². The van der Waals surface area contributed by atoms with Crippen LogP contribution in [0.2, 0.25) is 5.02 Å². The van der Waals surface area contributed by atoms with Crippen LogP contribution in [0.1, 0.15) is 43.4 Å². The van der Waals surface area contributed by atoms with Gasteiger partial charge in [0.25, 0.3) is 0 Å². The van der Waals surface area contributed by atoms with Crippen molar-refractivity contribution in [2.75, 3.05) is 6.61 Å². The SMILES string of the molecule is CC(C)(C)OC(=O)NN(Cc1ccc(Cl)cc1)C(=O)OCC1c2ccccc2-c2ccccc21. The molecule has 0 unspecified atom stereocenters. The van der Waals surface area contributed by atoms with Gasteiger partial charge in [0.05, 0.1) is 6.54 Å². The van der Waals surface area contributed by atoms with E-state index in [0.717, 1.165) is 32.8 Å². The molecule has 6 nitrogen and oxygen atoms in total. The van der Waals surface area contributed by atoms with E-state index in [-0.39, 0.29) is 19.1 Å². The van der Waals surface area contributed by atoms with Crippen molar-refractivity contribution in [3.63, 3.8) is 0 Å². The van der Waals surface area contributed by atoms with Crippen LogP contribution >= 0.6 is 11.6 Å². The summed E-state index contributed by atoms with van der Waals surface area (Å²) in [5.41, 5.74) is 7.08. The van der Waals surface area contributed by atoms with E-state index in [1.54, 1.807) is 45.0 Å². The summed E-state index contributed by atoms with van der Waals surface area (Å²) in [6.07, 6.45) is -1.42. The van der Waals surface area contributed by atoms with Crippen molar-refractivity contribution in [3.05, 3.63) is 94.5 Å². The Morgan fingerprint density at radius 2 is 1.47 bits per heavy atom. The lowest BCUT2D eigenvalue weighted by Crippen LogP contribution is -2.48. The van der Waals surface area contributed by atoms with Crippen molar-refractivity contribution in [1.82, 2.24) is 10.4 Å². The third kappa shape index (κ3) is 5.51. The van der Waals surface area contributed by atoms with E-state index >= 15 is 0 Å². The molecule has 0 aliphatic heterocycles. The number of benzene rings is 3. The summed E-state index contributed by atoms with van der Waals surface area (Å²) in [6.45, 7) is 5.49. The highest BCUT2D eigenvalue weighted by molar-refractivity contribution is 6.30. The molecule has 1 N–H and O–H groups in total. The molecule has 2 amide bonds. The monoisotopic (exact) mass is 478 g/mol. The molecule has 0 atom stereocenters. The molecule has 0 spiro atoms. The molecule has 0 bridgehead atoms. The molecule has 4 rings (SSSR count). The molecule has 3 aromatic carbocycles. The predicted octanol–water partition coefficient (Wildman–Crippen LogP) is 6.53. The van der Waals surface area contributed by atoms with Gasteiger partial charge in [-0.1, -0.05) is 72.3 Å². The second kappa shape index (κ2) is 9.77. The number of nitrogens with one attached hydrogen (secondary N) is 1. The first-order valence-corrected chi connectivity index (χ1v) is 11.5. The highest BCUT2D eigenvalue weighted by atomic mass is 35.5. The van der Waals surface area contributed by atoms with Crippen molar-refractivity contribution in [2.45, 2.75) is 38.8 Å². The fourth-order valence-electron chi connectivity index (χ4n) is 4.01. The molecule has 0 heterocycles. The van der Waals surface area contributed by atoms with Gasteiger partial charge in [0.1, 0.15) is 12.2 Å². The maximum Gasteiger partial charge on any atom is 0.429 e. The molecule has 0 radical (unpaired) electrons. The second-order valence-corrected chi connectivity index (χ2v) is 9.57. The van der Waals surface area contributed by atoms with E-state index in [1.165, 1.54) is 0 Å². The zero-order valence-corrected chi connectivity index (χ0v) is 20.1. The highest BCUT2D eigenvalue weighted by Gasteiger charge is 2.30. The minimum atomic E-state index is -0.741. The molecule has 34 heavy (non-hydrogen) atoms. The average molecular weight is 479 g/mol. The summed E-state index contributed by atoms with van der Waals surface area (Å²) >= 11 is 5.98. The quantitative estimate of drug-likeness (QED) is 0.433. The van der Waals surface area contributed by atoms with E-state index in [2.05, 4.69) is 29.7 Å². The third-order valence-corrected chi connectivity index (χ3v) is 5.69. The van der Waals surface area contributed by atoms with Crippen LogP contribution in [0.4, 0.5) is 9.59 Å². The fourth-order valence-corrected chi connectivity index (χ4v) is 4.13. The van der Waals surface area contributed by atoms with Crippen LogP contribution in [0, 0.1) is 0 Å². The number of hydrogen-bond acceptors (Lipinski definition) is 4. The van der Waals surface area contributed by atoms with Gasteiger partial charge in [-0.15, -0.1) is 0 Å². The van der Waals surface area contributed by atoms with Crippen LogP contribution in [-0.2, 0) is 16.0 Å². The fraction of sp³-hybridized carbons (Fsp3) is 0.259. The summed E-state index contributed by atoms with van der Waals surface area (Å²) in [6, 6.07) is 23.2. The predicted molar refractivity (Wildman–Crippen MR) is 131 cm³/mol. The summed E-state index contributed by atoms with van der Waals surface area (Å²) < 4.78 is 11.0. The molecular formula is C27H27ClN2O4. The summed E-state index contributed by atoms with van der Waals surface area (Å²) in [7, 11) is 0. The summed E-state index contributed by atoms with van der Waals surface area (Å²) in [4.78, 5) is 25.5. The normalized spacial score (nSPS) is 12.5. The molecule has 0 fully saturated rings. The smallest absolute Gasteiger partial charge is 0.429 e. The zero-order valence-electron chi connectivity index (χ0n) is 19.4. The Kier molecular flexibility index (Phi) is 6.80. The number of amides is 2. The van der Waals surface area contributed by atoms with Crippen LogP contribution in [0.25, 0.3) is 11.1 Å². The van der Waals surface area contributed by atoms with Gasteiger partial charge in [0.2, 0.25) is 0 Å². The standard InChI is InChI=1S/C27H27ClN2O4/c1-27(2,3)34-25(31)29-30(16-18-12-14-19(28)15-13-18)26(32)33-17-24-22-10-6-4-8-20(22)21-9-5-7-11-23(21)24/h4-15,24H,16-17H2,1-3H3,(H,29,31). The number of nitrogens with zero attached hydrogens (tertiary/aromatic N) is 1. The van der Waals surface area contributed by atoms with Crippen LogP contribution in [0.5, 0.6) is 0 Å². The van der Waals surface area contributed by atoms with Gasteiger partial charge in [-0.05, 0) is 60.7 Å². The molecular weight excluding hydrogens is 452 g/mol. The van der Waals surface area contributed by atoms with Crippen molar-refractivity contribution in [1.29, 1.82) is 0 Å². The van der Waals surface area contributed by atoms with Crippen molar-refractivity contribution >= 4 is 23.8 Å². The van der Waals surface area contributed by atoms with Gasteiger partial charge >= 0.3 is 12.2 Å². The van der Waals surface area contributed by atoms with Gasteiger partial charge in [0, 0.05) is 10.9 Å². The lowest BCUT2D eigenvalue weighted by atomic mass is 9.98. The number of carbonyl (C=O) groups excluding carboxylic acids is 2. The number of halogens is 1. The van der Waals surface area contributed by atoms with Crippen LogP contribution in [0.3, 0.4) is 0 Å². The van der Waals surface area contributed by atoms with Gasteiger partial charge in [-0.25, -0.2) is 20.0 Å². The van der Waals surface area contributed by atoms with Crippen LogP contribution in [-0.4, -0.2) is 29.4 Å². The zero-order chi connectivity index (χ0) is 24.3. The van der Waals surface area contributed by atoms with E-state index < -0.39 is 17.8 Å². The number of rotatable bonds is 4. The first-order valence-electron chi connectivity index (χ1n) is 11.1. The lowest BCUT2D eigenvalue weighted by molar-refractivity contribution is 0.0261. The minimum absolute atomic E-state index is 0.0877. The Hall–Kier alpha value is -3.51. The number of carbonyl (C=O) groups is 2. The van der Waals surface area contributed by atoms with Gasteiger partial charge < -0.3 is 9.47 Å². The topological polar surface area (TPSA) is 67.9 Å². The third-order valence-electron chi connectivity index (χ3n) is 5.44. The van der Waals surface area contributed by atoms with Crippen LogP contribution in [0.15, 0.2) is 72.8 Å². The number of fused-ring (bicyclic) bond motifs is 3. The maximum atomic E-state index is 13.1. The van der Waals surface area contributed by atoms with Crippen LogP contribution < -0.4 is 5.43 Å². The van der Waals surface area contributed by atoms with Crippen molar-refractivity contribution in [2.24, 2.45) is 0 Å². The second-order valence-electron chi connectivity index (χ2n) is 9.13. The Labute approximate surface area is 204 Å². The molecule has 176 valence electrons. The summed E-state index contributed by atoms with van der Waals surface area (Å²) in [5, 5.41) is 1.70. The summed E-state index contributed by atoms with van der Waals surface area (Å²) in [5.74, 6) is -0.0877. The molecule has 0 saturated carbocycles. The van der Waals surface area contributed by atoms with Gasteiger partial charge in [-0.2, -0.15) is 0 Å². The van der Waals surface area contributed by atoms with Gasteiger partial charge in [-0.3, -0.25) is 0 Å². The largest absolute Gasteiger partial charge is 0.447 e. The van der Waals surface area contributed by atoms with Crippen molar-refractivity contribution in [3.8, 4) is 11.1 Å². The lowest BCUT2D eigenvalue weighted by Gasteiger charge is -2.26. The van der Waals surface area contributed by atoms with Crippen molar-refractivity contribution < 1.29 is 19.1 Å². The highest BCUT2D eigenvalue weighted by Crippen LogP contribution is 2.44. The van der Waals surface area contributed by atoms with E-state index in [4.69, 9.17) is 21.1 Å². The first kappa shape index (κ1) is 23.6. The molecule has 1 aliphatic carbocycles. The number of hydrogen-bond donors (Lipinski definition) is 1. The Morgan fingerprint density at radius 3 is 2.03 bits per heavy atom. The van der Waals surface area contributed by atoms with E-state index in [1.807, 2.05) is 24.3 Å². The number of hydrazine groups is 1. The maximum absolute atomic E-state index is 13.1. The Morgan fingerprint density at radius 1 is 0.912 bits per heavy atom. The Bertz CT molecular complexity index is 1140. The minimum Gasteiger partial charge on any atom is -0.447 e. The molecule has 0 aromatic heterocycles.